The van der Waals surface area contributed by atoms with E-state index in [0.29, 0.717) is 42.4 Å². The molecule has 0 saturated carbocycles. The lowest BCUT2D eigenvalue weighted by Crippen LogP contribution is -2.32. The van der Waals surface area contributed by atoms with Gasteiger partial charge in [-0.15, -0.1) is 0 Å². The van der Waals surface area contributed by atoms with Gasteiger partial charge in [-0.3, -0.25) is 4.79 Å². The maximum Gasteiger partial charge on any atom is 0.257 e. The highest BCUT2D eigenvalue weighted by molar-refractivity contribution is 6.30. The second-order valence-electron chi connectivity index (χ2n) is 7.02. The highest BCUT2D eigenvalue weighted by atomic mass is 35.5. The number of halogens is 3. The molecule has 162 valence electrons. The van der Waals surface area contributed by atoms with E-state index in [1.54, 1.807) is 41.3 Å². The summed E-state index contributed by atoms with van der Waals surface area (Å²) in [5, 5.41) is 0.621. The van der Waals surface area contributed by atoms with E-state index < -0.39 is 11.6 Å². The van der Waals surface area contributed by atoms with Crippen LogP contribution in [0.5, 0.6) is 5.75 Å². The molecule has 7 heteroatoms. The van der Waals surface area contributed by atoms with Gasteiger partial charge in [-0.05, 0) is 54.9 Å². The van der Waals surface area contributed by atoms with Crippen LogP contribution in [0.4, 0.5) is 8.78 Å². The van der Waals surface area contributed by atoms with Crippen LogP contribution >= 0.6 is 11.6 Å². The Morgan fingerprint density at radius 2 is 1.77 bits per heavy atom. The molecule has 0 saturated heterocycles. The fourth-order valence-corrected chi connectivity index (χ4v) is 3.20. The zero-order chi connectivity index (χ0) is 22.2. The lowest BCUT2D eigenvalue weighted by Gasteiger charge is -2.24. The third kappa shape index (κ3) is 6.26. The van der Waals surface area contributed by atoms with Gasteiger partial charge in [0, 0.05) is 29.7 Å². The highest BCUT2D eigenvalue weighted by Crippen LogP contribution is 2.23. The number of carbonyl (C=O) groups excluding carboxylic acids is 1. The normalized spacial score (nSPS) is 10.7. The molecule has 0 unspecified atom stereocenters. The van der Waals surface area contributed by atoms with E-state index >= 15 is 0 Å². The number of amides is 1. The summed E-state index contributed by atoms with van der Waals surface area (Å²) in [5.74, 6) is -1.26. The summed E-state index contributed by atoms with van der Waals surface area (Å²) < 4.78 is 32.8. The number of ether oxygens (including phenoxy) is 1. The molecule has 0 aliphatic carbocycles. The maximum absolute atomic E-state index is 13.9. The first-order valence-electron chi connectivity index (χ1n) is 9.87. The Hall–Kier alpha value is -2.96. The summed E-state index contributed by atoms with van der Waals surface area (Å²) >= 11 is 5.95. The Morgan fingerprint density at radius 3 is 2.48 bits per heavy atom. The van der Waals surface area contributed by atoms with Gasteiger partial charge in [0.2, 0.25) is 0 Å². The monoisotopic (exact) mass is 444 g/mol. The van der Waals surface area contributed by atoms with E-state index in [2.05, 4.69) is 0 Å². The van der Waals surface area contributed by atoms with Gasteiger partial charge in [0.05, 0.1) is 5.56 Å². The molecule has 0 radical (unpaired) electrons. The van der Waals surface area contributed by atoms with Gasteiger partial charge in [0.25, 0.3) is 5.91 Å². The first-order chi connectivity index (χ1) is 15.0. The summed E-state index contributed by atoms with van der Waals surface area (Å²) in [6.07, 6.45) is 0.642. The molecule has 31 heavy (non-hydrogen) atoms. The predicted molar refractivity (Wildman–Crippen MR) is 117 cm³/mol. The van der Waals surface area contributed by atoms with Crippen LogP contribution in [0.2, 0.25) is 5.02 Å². The van der Waals surface area contributed by atoms with E-state index in [1.165, 1.54) is 12.1 Å². The number of nitrogens with zero attached hydrogens (tertiary/aromatic N) is 1. The van der Waals surface area contributed by atoms with Crippen molar-refractivity contribution in [3.05, 3.63) is 100 Å². The van der Waals surface area contributed by atoms with Crippen molar-refractivity contribution in [3.63, 3.8) is 0 Å². The molecule has 0 aromatic heterocycles. The molecule has 3 aromatic carbocycles. The minimum atomic E-state index is -0.698. The molecular weight excluding hydrogens is 422 g/mol. The predicted octanol–water partition coefficient (Wildman–Crippen LogP) is 5.19. The van der Waals surface area contributed by atoms with Crippen LogP contribution in [-0.4, -0.2) is 23.9 Å². The average molecular weight is 445 g/mol. The van der Waals surface area contributed by atoms with Crippen LogP contribution in [0.25, 0.3) is 0 Å². The molecule has 3 aromatic rings. The third-order valence-corrected chi connectivity index (χ3v) is 4.97. The highest BCUT2D eigenvalue weighted by Gasteiger charge is 2.20. The van der Waals surface area contributed by atoms with Crippen molar-refractivity contribution < 1.29 is 18.3 Å². The molecular formula is C24H23ClF2N2O2. The molecule has 0 bridgehead atoms. The zero-order valence-electron chi connectivity index (χ0n) is 16.9. The van der Waals surface area contributed by atoms with Crippen LogP contribution in [0.1, 0.15) is 27.9 Å². The van der Waals surface area contributed by atoms with Gasteiger partial charge in [0.1, 0.15) is 24.0 Å². The van der Waals surface area contributed by atoms with Crippen molar-refractivity contribution in [2.45, 2.75) is 19.6 Å². The topological polar surface area (TPSA) is 55.6 Å². The van der Waals surface area contributed by atoms with E-state index in [4.69, 9.17) is 22.1 Å². The summed E-state index contributed by atoms with van der Waals surface area (Å²) in [6, 6.07) is 17.4. The van der Waals surface area contributed by atoms with E-state index in [9.17, 15) is 13.6 Å². The molecule has 0 aliphatic rings. The van der Waals surface area contributed by atoms with Gasteiger partial charge in [-0.2, -0.15) is 0 Å². The lowest BCUT2D eigenvalue weighted by molar-refractivity contribution is 0.0737. The Balaban J connectivity index is 1.79. The molecule has 2 N–H and O–H groups in total. The number of nitrogens with two attached hydrogens (primary N) is 1. The quantitative estimate of drug-likeness (QED) is 0.494. The standard InChI is InChI=1S/C24H23ClF2N2O2/c25-19-9-6-17(7-10-19)15-29(13-3-12-28)24(30)21-4-1-2-5-23(21)31-16-18-8-11-20(26)14-22(18)27/h1-2,4-11,14H,3,12-13,15-16,28H2. The minimum absolute atomic E-state index is 0.129. The van der Waals surface area contributed by atoms with Crippen molar-refractivity contribution in [1.82, 2.24) is 4.90 Å². The first kappa shape index (κ1) is 22.7. The Labute approximate surface area is 185 Å². The zero-order valence-corrected chi connectivity index (χ0v) is 17.6. The smallest absolute Gasteiger partial charge is 0.257 e. The van der Waals surface area contributed by atoms with Crippen LogP contribution in [0.15, 0.2) is 66.7 Å². The van der Waals surface area contributed by atoms with E-state index in [0.717, 1.165) is 11.6 Å². The molecule has 0 atom stereocenters. The summed E-state index contributed by atoms with van der Waals surface area (Å²) in [7, 11) is 0. The third-order valence-electron chi connectivity index (χ3n) is 4.72. The van der Waals surface area contributed by atoms with Crippen molar-refractivity contribution in [2.75, 3.05) is 13.1 Å². The Bertz CT molecular complexity index is 1030. The molecule has 3 rings (SSSR count). The number of benzene rings is 3. The van der Waals surface area contributed by atoms with Gasteiger partial charge in [-0.25, -0.2) is 8.78 Å². The molecule has 1 amide bonds. The minimum Gasteiger partial charge on any atom is -0.488 e. The van der Waals surface area contributed by atoms with Crippen molar-refractivity contribution in [2.24, 2.45) is 5.73 Å². The van der Waals surface area contributed by atoms with Gasteiger partial charge < -0.3 is 15.4 Å². The van der Waals surface area contributed by atoms with Crippen molar-refractivity contribution in [1.29, 1.82) is 0 Å². The summed E-state index contributed by atoms with van der Waals surface area (Å²) in [6.45, 7) is 1.18. The van der Waals surface area contributed by atoms with Crippen LogP contribution < -0.4 is 10.5 Å². The van der Waals surface area contributed by atoms with Gasteiger partial charge in [0.15, 0.2) is 0 Å². The summed E-state index contributed by atoms with van der Waals surface area (Å²) in [4.78, 5) is 15.0. The fraction of sp³-hybridized carbons (Fsp3) is 0.208. The SMILES string of the molecule is NCCCN(Cc1ccc(Cl)cc1)C(=O)c1ccccc1OCc1ccc(F)cc1F. The van der Waals surface area contributed by atoms with Crippen LogP contribution in [0, 0.1) is 11.6 Å². The number of para-hydroxylation sites is 1. The van der Waals surface area contributed by atoms with E-state index in [1.807, 2.05) is 12.1 Å². The molecule has 4 nitrogen and oxygen atoms in total. The van der Waals surface area contributed by atoms with Gasteiger partial charge in [-0.1, -0.05) is 35.9 Å². The molecule has 0 heterocycles. The Morgan fingerprint density at radius 1 is 1.03 bits per heavy atom. The van der Waals surface area contributed by atoms with E-state index in [-0.39, 0.29) is 18.1 Å². The van der Waals surface area contributed by atoms with Crippen molar-refractivity contribution >= 4 is 17.5 Å². The second-order valence-corrected chi connectivity index (χ2v) is 7.45. The number of carbonyl (C=O) groups is 1. The molecule has 0 spiro atoms. The lowest BCUT2D eigenvalue weighted by atomic mass is 10.1. The van der Waals surface area contributed by atoms with Crippen LogP contribution in [0.3, 0.4) is 0 Å². The molecule has 0 fully saturated rings. The maximum atomic E-state index is 13.9. The molecule has 0 aliphatic heterocycles. The first-order valence-corrected chi connectivity index (χ1v) is 10.3. The van der Waals surface area contributed by atoms with Crippen molar-refractivity contribution in [3.8, 4) is 5.75 Å². The largest absolute Gasteiger partial charge is 0.488 e. The number of hydrogen-bond acceptors (Lipinski definition) is 3. The van der Waals surface area contributed by atoms with Crippen LogP contribution in [-0.2, 0) is 13.2 Å². The Kier molecular flexibility index (Phi) is 7.98. The fourth-order valence-electron chi connectivity index (χ4n) is 3.08. The average Bonchev–Trinajstić information content (AvgIpc) is 2.77. The number of rotatable bonds is 9. The number of hydrogen-bond donors (Lipinski definition) is 1. The summed E-state index contributed by atoms with van der Waals surface area (Å²) in [5.41, 5.74) is 7.14. The second kappa shape index (κ2) is 10.9. The van der Waals surface area contributed by atoms with Gasteiger partial charge >= 0.3 is 0 Å².